The first-order chi connectivity index (χ1) is 11.2. The molecule has 6 nitrogen and oxygen atoms in total. The fraction of sp³-hybridized carbons (Fsp3) is 0.412. The molecule has 3 rings (SSSR count). The highest BCUT2D eigenvalue weighted by molar-refractivity contribution is 5.76. The largest absolute Gasteiger partial charge is 0.493 e. The maximum atomic E-state index is 12.2. The second-order valence-corrected chi connectivity index (χ2v) is 5.58. The number of carbonyl (C=O) groups is 1. The van der Waals surface area contributed by atoms with Gasteiger partial charge in [-0.2, -0.15) is 0 Å². The summed E-state index contributed by atoms with van der Waals surface area (Å²) in [4.78, 5) is 16.3. The molecule has 0 aliphatic carbocycles. The lowest BCUT2D eigenvalue weighted by Gasteiger charge is -2.34. The maximum Gasteiger partial charge on any atom is 0.226 e. The van der Waals surface area contributed by atoms with Crippen molar-refractivity contribution in [3.8, 4) is 5.75 Å². The van der Waals surface area contributed by atoms with Crippen LogP contribution in [0.2, 0.25) is 0 Å². The molecule has 0 bridgehead atoms. The number of hydrogen-bond acceptors (Lipinski definition) is 5. The van der Waals surface area contributed by atoms with Gasteiger partial charge < -0.3 is 19.1 Å². The van der Waals surface area contributed by atoms with E-state index in [9.17, 15) is 4.79 Å². The zero-order valence-electron chi connectivity index (χ0n) is 13.3. The normalized spacial score (nSPS) is 14.8. The SMILES string of the molecule is Cc1cc(N2CCN(C(=O)CCOc3ccccc3)CC2)no1. The van der Waals surface area contributed by atoms with Gasteiger partial charge in [0.15, 0.2) is 5.82 Å². The molecular formula is C17H21N3O3. The highest BCUT2D eigenvalue weighted by atomic mass is 16.5. The Morgan fingerprint density at radius 2 is 1.96 bits per heavy atom. The van der Waals surface area contributed by atoms with E-state index in [4.69, 9.17) is 9.26 Å². The van der Waals surface area contributed by atoms with Crippen LogP contribution in [-0.4, -0.2) is 48.7 Å². The van der Waals surface area contributed by atoms with Gasteiger partial charge in [-0.1, -0.05) is 23.4 Å². The van der Waals surface area contributed by atoms with Crippen LogP contribution in [0.3, 0.4) is 0 Å². The molecule has 122 valence electrons. The van der Waals surface area contributed by atoms with Gasteiger partial charge in [0.05, 0.1) is 13.0 Å². The van der Waals surface area contributed by atoms with E-state index in [1.54, 1.807) is 0 Å². The van der Waals surface area contributed by atoms with Gasteiger partial charge in [-0.3, -0.25) is 4.79 Å². The molecule has 1 saturated heterocycles. The fourth-order valence-corrected chi connectivity index (χ4v) is 2.62. The van der Waals surface area contributed by atoms with Crippen molar-refractivity contribution in [2.45, 2.75) is 13.3 Å². The summed E-state index contributed by atoms with van der Waals surface area (Å²) in [6.07, 6.45) is 0.401. The molecule has 0 N–H and O–H groups in total. The first-order valence-corrected chi connectivity index (χ1v) is 7.86. The number of benzene rings is 1. The number of anilines is 1. The van der Waals surface area contributed by atoms with Crippen LogP contribution < -0.4 is 9.64 Å². The Balaban J connectivity index is 1.41. The molecular weight excluding hydrogens is 294 g/mol. The van der Waals surface area contributed by atoms with Crippen molar-refractivity contribution in [1.29, 1.82) is 0 Å². The van der Waals surface area contributed by atoms with Crippen molar-refractivity contribution in [2.24, 2.45) is 0 Å². The molecule has 0 spiro atoms. The van der Waals surface area contributed by atoms with E-state index < -0.39 is 0 Å². The summed E-state index contributed by atoms with van der Waals surface area (Å²) in [7, 11) is 0. The fourth-order valence-electron chi connectivity index (χ4n) is 2.62. The third-order valence-corrected chi connectivity index (χ3v) is 3.90. The Kier molecular flexibility index (Phi) is 4.80. The number of nitrogens with zero attached hydrogens (tertiary/aromatic N) is 3. The molecule has 0 radical (unpaired) electrons. The molecule has 1 amide bonds. The highest BCUT2D eigenvalue weighted by Gasteiger charge is 2.22. The number of rotatable bonds is 5. The number of aryl methyl sites for hydroxylation is 1. The molecule has 0 unspecified atom stereocenters. The summed E-state index contributed by atoms with van der Waals surface area (Å²) in [5, 5.41) is 4.02. The molecule has 1 aliphatic heterocycles. The molecule has 1 aromatic heterocycles. The molecule has 1 aromatic carbocycles. The van der Waals surface area contributed by atoms with Crippen LogP contribution in [0.25, 0.3) is 0 Å². The Morgan fingerprint density at radius 1 is 1.22 bits per heavy atom. The average molecular weight is 315 g/mol. The van der Waals surface area contributed by atoms with E-state index in [2.05, 4.69) is 10.1 Å². The van der Waals surface area contributed by atoms with Gasteiger partial charge in [-0.15, -0.1) is 0 Å². The van der Waals surface area contributed by atoms with E-state index >= 15 is 0 Å². The van der Waals surface area contributed by atoms with E-state index in [-0.39, 0.29) is 5.91 Å². The lowest BCUT2D eigenvalue weighted by atomic mass is 10.2. The molecule has 0 atom stereocenters. The van der Waals surface area contributed by atoms with Crippen LogP contribution in [0.4, 0.5) is 5.82 Å². The Bertz CT molecular complexity index is 634. The van der Waals surface area contributed by atoms with Crippen LogP contribution >= 0.6 is 0 Å². The summed E-state index contributed by atoms with van der Waals surface area (Å²) < 4.78 is 10.7. The lowest BCUT2D eigenvalue weighted by molar-refractivity contribution is -0.132. The number of ether oxygens (including phenoxy) is 1. The predicted octanol–water partition coefficient (Wildman–Crippen LogP) is 2.10. The summed E-state index contributed by atoms with van der Waals surface area (Å²) in [5.74, 6) is 2.59. The summed E-state index contributed by atoms with van der Waals surface area (Å²) in [6, 6.07) is 11.5. The van der Waals surface area contributed by atoms with Crippen molar-refractivity contribution >= 4 is 11.7 Å². The summed E-state index contributed by atoms with van der Waals surface area (Å²) in [6.45, 7) is 5.25. The van der Waals surface area contributed by atoms with Gasteiger partial charge in [0, 0.05) is 32.2 Å². The molecule has 1 aliphatic rings. The van der Waals surface area contributed by atoms with E-state index in [0.717, 1.165) is 30.4 Å². The Hall–Kier alpha value is -2.50. The third-order valence-electron chi connectivity index (χ3n) is 3.90. The predicted molar refractivity (Wildman–Crippen MR) is 86.6 cm³/mol. The highest BCUT2D eigenvalue weighted by Crippen LogP contribution is 2.16. The molecule has 2 aromatic rings. The zero-order chi connectivity index (χ0) is 16.1. The monoisotopic (exact) mass is 315 g/mol. The number of piperazine rings is 1. The number of hydrogen-bond donors (Lipinski definition) is 0. The maximum absolute atomic E-state index is 12.2. The minimum absolute atomic E-state index is 0.136. The molecule has 23 heavy (non-hydrogen) atoms. The summed E-state index contributed by atoms with van der Waals surface area (Å²) >= 11 is 0. The average Bonchev–Trinajstić information content (AvgIpc) is 3.02. The Morgan fingerprint density at radius 3 is 2.61 bits per heavy atom. The van der Waals surface area contributed by atoms with Crippen molar-refractivity contribution in [2.75, 3.05) is 37.7 Å². The van der Waals surface area contributed by atoms with Crippen LogP contribution in [0, 0.1) is 6.92 Å². The van der Waals surface area contributed by atoms with E-state index in [1.807, 2.05) is 48.2 Å². The van der Waals surface area contributed by atoms with Crippen molar-refractivity contribution in [3.05, 3.63) is 42.2 Å². The van der Waals surface area contributed by atoms with Gasteiger partial charge in [0.25, 0.3) is 0 Å². The van der Waals surface area contributed by atoms with Gasteiger partial charge in [0.2, 0.25) is 5.91 Å². The van der Waals surface area contributed by atoms with Gasteiger partial charge in [-0.25, -0.2) is 0 Å². The lowest BCUT2D eigenvalue weighted by Crippen LogP contribution is -2.49. The number of carbonyl (C=O) groups excluding carboxylic acids is 1. The molecule has 2 heterocycles. The van der Waals surface area contributed by atoms with Gasteiger partial charge >= 0.3 is 0 Å². The van der Waals surface area contributed by atoms with Gasteiger partial charge in [-0.05, 0) is 19.1 Å². The minimum atomic E-state index is 0.136. The van der Waals surface area contributed by atoms with Crippen molar-refractivity contribution in [3.63, 3.8) is 0 Å². The van der Waals surface area contributed by atoms with E-state index in [0.29, 0.717) is 26.1 Å². The van der Waals surface area contributed by atoms with Crippen LogP contribution in [-0.2, 0) is 4.79 Å². The quantitative estimate of drug-likeness (QED) is 0.846. The van der Waals surface area contributed by atoms with Crippen LogP contribution in [0.1, 0.15) is 12.2 Å². The summed E-state index contributed by atoms with van der Waals surface area (Å²) in [5.41, 5.74) is 0. The van der Waals surface area contributed by atoms with Crippen molar-refractivity contribution < 1.29 is 14.1 Å². The second-order valence-electron chi connectivity index (χ2n) is 5.58. The first-order valence-electron chi connectivity index (χ1n) is 7.86. The molecule has 1 fully saturated rings. The van der Waals surface area contributed by atoms with Crippen LogP contribution in [0.5, 0.6) is 5.75 Å². The standard InChI is InChI=1S/C17H21N3O3/c1-14-13-16(18-23-14)19-8-10-20(11-9-19)17(21)7-12-22-15-5-3-2-4-6-15/h2-6,13H,7-12H2,1H3. The second kappa shape index (κ2) is 7.17. The van der Waals surface area contributed by atoms with Gasteiger partial charge in [0.1, 0.15) is 11.5 Å². The molecule has 0 saturated carbocycles. The number of aromatic nitrogens is 1. The number of amides is 1. The van der Waals surface area contributed by atoms with E-state index in [1.165, 1.54) is 0 Å². The first kappa shape index (κ1) is 15.4. The minimum Gasteiger partial charge on any atom is -0.493 e. The zero-order valence-corrected chi connectivity index (χ0v) is 13.3. The Labute approximate surface area is 135 Å². The van der Waals surface area contributed by atoms with Crippen molar-refractivity contribution in [1.82, 2.24) is 10.1 Å². The smallest absolute Gasteiger partial charge is 0.226 e. The third kappa shape index (κ3) is 4.03. The van der Waals surface area contributed by atoms with Crippen LogP contribution in [0.15, 0.2) is 40.9 Å². The number of para-hydroxylation sites is 1. The topological polar surface area (TPSA) is 58.8 Å². The molecule has 6 heteroatoms.